The Hall–Kier alpha value is -1.48. The smallest absolute Gasteiger partial charge is 0.243 e. The van der Waals surface area contributed by atoms with Gasteiger partial charge in [0.2, 0.25) is 15.9 Å². The highest BCUT2D eigenvalue weighted by atomic mass is 32.2. The van der Waals surface area contributed by atoms with Crippen LogP contribution in [-0.2, 0) is 14.8 Å². The average molecular weight is 383 g/mol. The minimum atomic E-state index is -3.62. The van der Waals surface area contributed by atoms with Crippen molar-refractivity contribution < 1.29 is 13.2 Å². The Morgan fingerprint density at radius 1 is 1.08 bits per heavy atom. The first kappa shape index (κ1) is 20.8. The maximum absolute atomic E-state index is 13.0. The highest BCUT2D eigenvalue weighted by Gasteiger charge is 2.26. The Bertz CT molecular complexity index is 683. The van der Waals surface area contributed by atoms with E-state index in [0.717, 1.165) is 18.7 Å². The zero-order chi connectivity index (χ0) is 19.2. The maximum Gasteiger partial charge on any atom is 0.243 e. The van der Waals surface area contributed by atoms with Crippen molar-refractivity contribution in [2.75, 3.05) is 59.9 Å². The lowest BCUT2D eigenvalue weighted by Crippen LogP contribution is -2.47. The minimum Gasteiger partial charge on any atom is -0.340 e. The van der Waals surface area contributed by atoms with Gasteiger partial charge < -0.3 is 15.1 Å². The van der Waals surface area contributed by atoms with Crippen LogP contribution in [0.5, 0.6) is 0 Å². The molecule has 1 aliphatic heterocycles. The van der Waals surface area contributed by atoms with Crippen LogP contribution in [-0.4, -0.2) is 88.3 Å². The molecule has 0 unspecified atom stereocenters. The molecule has 1 aromatic carbocycles. The van der Waals surface area contributed by atoms with Gasteiger partial charge in [0.15, 0.2) is 0 Å². The number of amides is 1. The summed E-state index contributed by atoms with van der Waals surface area (Å²) in [5.41, 5.74) is 1.01. The number of sulfonamides is 1. The van der Waals surface area contributed by atoms with E-state index >= 15 is 0 Å². The predicted octanol–water partition coefficient (Wildman–Crippen LogP) is 0.369. The summed E-state index contributed by atoms with van der Waals surface area (Å²) in [5.74, 6) is 0.0143. The average Bonchev–Trinajstić information content (AvgIpc) is 2.62. The molecule has 1 heterocycles. The van der Waals surface area contributed by atoms with Gasteiger partial charge in [-0.15, -0.1) is 0 Å². The van der Waals surface area contributed by atoms with Gasteiger partial charge in [-0.05, 0) is 33.2 Å². The van der Waals surface area contributed by atoms with Crippen molar-refractivity contribution in [2.45, 2.75) is 18.2 Å². The molecule has 1 amide bonds. The first-order valence-electron chi connectivity index (χ1n) is 9.01. The Balaban J connectivity index is 2.08. The highest BCUT2D eigenvalue weighted by molar-refractivity contribution is 7.89. The minimum absolute atomic E-state index is 0.0143. The molecule has 2 rings (SSSR count). The van der Waals surface area contributed by atoms with Crippen LogP contribution in [0.3, 0.4) is 0 Å². The summed E-state index contributed by atoms with van der Waals surface area (Å²) in [4.78, 5) is 16.4. The van der Waals surface area contributed by atoms with Crippen LogP contribution in [0.15, 0.2) is 29.2 Å². The Labute approximate surface area is 157 Å². The molecule has 0 radical (unpaired) electrons. The number of rotatable bonds is 8. The lowest BCUT2D eigenvalue weighted by Gasteiger charge is -2.29. The molecule has 0 saturated carbocycles. The van der Waals surface area contributed by atoms with Crippen LogP contribution in [0.4, 0.5) is 0 Å². The molecule has 1 N–H and O–H groups in total. The summed E-state index contributed by atoms with van der Waals surface area (Å²) in [6.07, 6.45) is 0.207. The number of hydrogen-bond acceptors (Lipinski definition) is 5. The van der Waals surface area contributed by atoms with Crippen LogP contribution in [0, 0.1) is 6.92 Å². The van der Waals surface area contributed by atoms with Gasteiger partial charge in [0.05, 0.1) is 4.90 Å². The van der Waals surface area contributed by atoms with E-state index in [9.17, 15) is 13.2 Å². The lowest BCUT2D eigenvalue weighted by atomic mass is 10.2. The Kier molecular flexibility index (Phi) is 7.57. The molecule has 1 aromatic rings. The number of nitrogens with zero attached hydrogens (tertiary/aromatic N) is 3. The highest BCUT2D eigenvalue weighted by Crippen LogP contribution is 2.17. The second kappa shape index (κ2) is 9.45. The molecule has 146 valence electrons. The molecular weight excluding hydrogens is 352 g/mol. The molecule has 1 aliphatic rings. The van der Waals surface area contributed by atoms with E-state index in [-0.39, 0.29) is 23.8 Å². The molecule has 0 bridgehead atoms. The molecule has 26 heavy (non-hydrogen) atoms. The number of carbonyl (C=O) groups excluding carboxylic acids is 1. The third-order valence-electron chi connectivity index (χ3n) is 4.50. The van der Waals surface area contributed by atoms with Crippen molar-refractivity contribution in [3.05, 3.63) is 29.8 Å². The fourth-order valence-corrected chi connectivity index (χ4v) is 4.25. The van der Waals surface area contributed by atoms with E-state index in [1.165, 1.54) is 4.31 Å². The monoisotopic (exact) mass is 382 g/mol. The van der Waals surface area contributed by atoms with Gasteiger partial charge in [0.1, 0.15) is 0 Å². The SMILES string of the molecule is Cc1ccc(S(=O)(=O)N(CCC(=O)N2CCNCC2)CCN(C)C)cc1. The summed E-state index contributed by atoms with van der Waals surface area (Å²) < 4.78 is 27.5. The number of carbonyl (C=O) groups is 1. The molecule has 0 aromatic heterocycles. The fraction of sp³-hybridized carbons (Fsp3) is 0.611. The van der Waals surface area contributed by atoms with Crippen LogP contribution in [0.1, 0.15) is 12.0 Å². The van der Waals surface area contributed by atoms with E-state index in [4.69, 9.17) is 0 Å². The number of aryl methyl sites for hydroxylation is 1. The third-order valence-corrected chi connectivity index (χ3v) is 6.41. The summed E-state index contributed by atoms with van der Waals surface area (Å²) in [7, 11) is 0.194. The number of nitrogens with one attached hydrogen (secondary N) is 1. The van der Waals surface area contributed by atoms with E-state index in [1.807, 2.05) is 25.9 Å². The molecule has 8 heteroatoms. The zero-order valence-electron chi connectivity index (χ0n) is 15.9. The van der Waals surface area contributed by atoms with Gasteiger partial charge in [-0.25, -0.2) is 8.42 Å². The molecule has 1 saturated heterocycles. The second-order valence-corrected chi connectivity index (χ2v) is 8.84. The Morgan fingerprint density at radius 2 is 1.69 bits per heavy atom. The zero-order valence-corrected chi connectivity index (χ0v) is 16.8. The predicted molar refractivity (Wildman–Crippen MR) is 103 cm³/mol. The van der Waals surface area contributed by atoms with Crippen LogP contribution >= 0.6 is 0 Å². The van der Waals surface area contributed by atoms with Crippen molar-refractivity contribution >= 4 is 15.9 Å². The molecule has 0 spiro atoms. The van der Waals surface area contributed by atoms with E-state index in [0.29, 0.717) is 26.2 Å². The van der Waals surface area contributed by atoms with Crippen LogP contribution < -0.4 is 5.32 Å². The fourth-order valence-electron chi connectivity index (χ4n) is 2.82. The van der Waals surface area contributed by atoms with Crippen LogP contribution in [0.2, 0.25) is 0 Å². The standard InChI is InChI=1S/C18H30N4O3S/c1-16-4-6-17(7-5-16)26(24,25)22(15-14-20(2)3)11-8-18(23)21-12-9-19-10-13-21/h4-7,19H,8-15H2,1-3H3. The quantitative estimate of drug-likeness (QED) is 0.703. The summed E-state index contributed by atoms with van der Waals surface area (Å²) in [5, 5.41) is 3.21. The van der Waals surface area contributed by atoms with Crippen LogP contribution in [0.25, 0.3) is 0 Å². The molecular formula is C18H30N4O3S. The van der Waals surface area contributed by atoms with Gasteiger partial charge in [0.25, 0.3) is 0 Å². The van der Waals surface area contributed by atoms with Gasteiger partial charge in [-0.1, -0.05) is 17.7 Å². The van der Waals surface area contributed by atoms with Gasteiger partial charge in [-0.3, -0.25) is 4.79 Å². The largest absolute Gasteiger partial charge is 0.340 e. The van der Waals surface area contributed by atoms with Crippen molar-refractivity contribution in [3.63, 3.8) is 0 Å². The van der Waals surface area contributed by atoms with Gasteiger partial charge in [-0.2, -0.15) is 4.31 Å². The molecule has 1 fully saturated rings. The number of hydrogen-bond donors (Lipinski definition) is 1. The van der Waals surface area contributed by atoms with Crippen molar-refractivity contribution in [2.24, 2.45) is 0 Å². The van der Waals surface area contributed by atoms with Crippen molar-refractivity contribution in [3.8, 4) is 0 Å². The molecule has 0 atom stereocenters. The Morgan fingerprint density at radius 3 is 2.27 bits per heavy atom. The van der Waals surface area contributed by atoms with E-state index in [1.54, 1.807) is 29.2 Å². The first-order chi connectivity index (χ1) is 12.3. The first-order valence-corrected chi connectivity index (χ1v) is 10.4. The third kappa shape index (κ3) is 5.77. The van der Waals surface area contributed by atoms with E-state index in [2.05, 4.69) is 5.32 Å². The van der Waals surface area contributed by atoms with Crippen molar-refractivity contribution in [1.82, 2.24) is 19.4 Å². The summed E-state index contributed by atoms with van der Waals surface area (Å²) >= 11 is 0. The normalized spacial score (nSPS) is 15.7. The van der Waals surface area contributed by atoms with Gasteiger partial charge >= 0.3 is 0 Å². The molecule has 0 aliphatic carbocycles. The number of likely N-dealkylation sites (N-methyl/N-ethyl adjacent to an activating group) is 1. The second-order valence-electron chi connectivity index (χ2n) is 6.90. The van der Waals surface area contributed by atoms with Gasteiger partial charge in [0, 0.05) is 52.2 Å². The maximum atomic E-state index is 13.0. The lowest BCUT2D eigenvalue weighted by molar-refractivity contribution is -0.131. The van der Waals surface area contributed by atoms with E-state index < -0.39 is 10.0 Å². The number of benzene rings is 1. The molecule has 7 nitrogen and oxygen atoms in total. The topological polar surface area (TPSA) is 73.0 Å². The number of piperazine rings is 1. The summed E-state index contributed by atoms with van der Waals surface area (Å²) in [6.45, 7) is 6.03. The van der Waals surface area contributed by atoms with Crippen molar-refractivity contribution in [1.29, 1.82) is 0 Å². The summed E-state index contributed by atoms with van der Waals surface area (Å²) in [6, 6.07) is 6.85.